The first-order valence-corrected chi connectivity index (χ1v) is 6.72. The van der Waals surface area contributed by atoms with E-state index in [1.165, 1.54) is 6.07 Å². The van der Waals surface area contributed by atoms with Gasteiger partial charge in [-0.3, -0.25) is 0 Å². The molecule has 0 bridgehead atoms. The fourth-order valence-corrected chi connectivity index (χ4v) is 2.67. The molecule has 0 fully saturated rings. The first-order chi connectivity index (χ1) is 9.16. The molecule has 0 spiro atoms. The largest absolute Gasteiger partial charge is 0.397 e. The van der Waals surface area contributed by atoms with Gasteiger partial charge < -0.3 is 10.3 Å². The zero-order valence-electron chi connectivity index (χ0n) is 10.1. The molecule has 3 rings (SSSR count). The summed E-state index contributed by atoms with van der Waals surface area (Å²) in [5.74, 6) is -0.248. The Balaban J connectivity index is 2.09. The number of para-hydroxylation sites is 1. The van der Waals surface area contributed by atoms with Gasteiger partial charge in [0, 0.05) is 18.1 Å². The molecule has 96 valence electrons. The number of halogens is 2. The number of anilines is 1. The molecule has 0 atom stereocenters. The highest BCUT2D eigenvalue weighted by molar-refractivity contribution is 9.10. The van der Waals surface area contributed by atoms with E-state index in [4.69, 9.17) is 5.73 Å². The van der Waals surface area contributed by atoms with Crippen molar-refractivity contribution >= 4 is 32.5 Å². The Hall–Kier alpha value is -1.81. The first kappa shape index (κ1) is 12.2. The molecule has 0 radical (unpaired) electrons. The smallest absolute Gasteiger partial charge is 0.137 e. The number of nitrogen functional groups attached to an aromatic ring is 1. The van der Waals surface area contributed by atoms with Crippen LogP contribution in [0.5, 0.6) is 0 Å². The topological polar surface area (TPSA) is 30.9 Å². The van der Waals surface area contributed by atoms with E-state index in [0.717, 1.165) is 22.2 Å². The average Bonchev–Trinajstić information content (AvgIpc) is 2.80. The van der Waals surface area contributed by atoms with Crippen LogP contribution < -0.4 is 5.73 Å². The second-order valence-corrected chi connectivity index (χ2v) is 5.23. The van der Waals surface area contributed by atoms with Crippen LogP contribution in [0, 0.1) is 5.82 Å². The summed E-state index contributed by atoms with van der Waals surface area (Å²) in [6.45, 7) is 0.579. The molecule has 0 aliphatic rings. The van der Waals surface area contributed by atoms with Crippen LogP contribution in [0.15, 0.2) is 53.1 Å². The molecule has 4 heteroatoms. The molecule has 1 aromatic heterocycles. The molecule has 0 amide bonds. The number of nitrogens with zero attached hydrogens (tertiary/aromatic N) is 1. The summed E-state index contributed by atoms with van der Waals surface area (Å²) in [7, 11) is 0. The van der Waals surface area contributed by atoms with Gasteiger partial charge in [-0.05, 0) is 39.7 Å². The van der Waals surface area contributed by atoms with Crippen molar-refractivity contribution in [2.24, 2.45) is 0 Å². The van der Waals surface area contributed by atoms with Crippen LogP contribution in [0.1, 0.15) is 5.56 Å². The summed E-state index contributed by atoms with van der Waals surface area (Å²) in [5, 5.41) is 1.09. The summed E-state index contributed by atoms with van der Waals surface area (Å²) in [6.07, 6.45) is 1.97. The minimum absolute atomic E-state index is 0.248. The van der Waals surface area contributed by atoms with Crippen molar-refractivity contribution in [3.05, 3.63) is 64.5 Å². The Bertz CT molecular complexity index is 749. The van der Waals surface area contributed by atoms with Gasteiger partial charge in [-0.1, -0.05) is 24.3 Å². The molecule has 1 heterocycles. The zero-order chi connectivity index (χ0) is 13.4. The first-order valence-electron chi connectivity index (χ1n) is 5.93. The van der Waals surface area contributed by atoms with E-state index < -0.39 is 0 Å². The third-order valence-corrected chi connectivity index (χ3v) is 4.08. The van der Waals surface area contributed by atoms with Crippen LogP contribution in [0.3, 0.4) is 0 Å². The van der Waals surface area contributed by atoms with E-state index in [-0.39, 0.29) is 5.82 Å². The Kier molecular flexibility index (Phi) is 3.03. The zero-order valence-corrected chi connectivity index (χ0v) is 11.7. The lowest BCUT2D eigenvalue weighted by atomic mass is 10.2. The van der Waals surface area contributed by atoms with Crippen LogP contribution in [-0.2, 0) is 6.54 Å². The van der Waals surface area contributed by atoms with E-state index in [1.807, 2.05) is 41.1 Å². The Morgan fingerprint density at radius 2 is 1.89 bits per heavy atom. The van der Waals surface area contributed by atoms with Crippen LogP contribution in [0.2, 0.25) is 0 Å². The van der Waals surface area contributed by atoms with Crippen molar-refractivity contribution in [1.82, 2.24) is 4.57 Å². The van der Waals surface area contributed by atoms with Gasteiger partial charge in [0.1, 0.15) is 5.82 Å². The molecule has 2 aromatic carbocycles. The molecular weight excluding hydrogens is 307 g/mol. The van der Waals surface area contributed by atoms with Gasteiger partial charge in [-0.2, -0.15) is 0 Å². The number of rotatable bonds is 2. The molecule has 2 N–H and O–H groups in total. The average molecular weight is 319 g/mol. The van der Waals surface area contributed by atoms with Crippen molar-refractivity contribution in [2.45, 2.75) is 6.54 Å². The van der Waals surface area contributed by atoms with E-state index in [0.29, 0.717) is 11.0 Å². The van der Waals surface area contributed by atoms with Crippen LogP contribution in [0.25, 0.3) is 10.9 Å². The molecule has 2 nitrogen and oxygen atoms in total. The van der Waals surface area contributed by atoms with Crippen LogP contribution >= 0.6 is 15.9 Å². The highest BCUT2D eigenvalue weighted by atomic mass is 79.9. The predicted octanol–water partition coefficient (Wildman–Crippen LogP) is 4.17. The summed E-state index contributed by atoms with van der Waals surface area (Å²) >= 11 is 3.29. The van der Waals surface area contributed by atoms with E-state index in [2.05, 4.69) is 15.9 Å². The molecule has 3 aromatic rings. The van der Waals surface area contributed by atoms with Gasteiger partial charge in [-0.25, -0.2) is 4.39 Å². The second kappa shape index (κ2) is 4.70. The molecule has 0 unspecified atom stereocenters. The molecule has 0 aliphatic carbocycles. The Morgan fingerprint density at radius 1 is 1.11 bits per heavy atom. The summed E-state index contributed by atoms with van der Waals surface area (Å²) in [5.41, 5.74) is 8.62. The van der Waals surface area contributed by atoms with Crippen LogP contribution in [-0.4, -0.2) is 4.57 Å². The standard InChI is InChI=1S/C15H12BrFN2/c16-14-11(4-1-5-12(14)17)9-19-8-7-10-3-2-6-13(18)15(10)19/h1-8H,9,18H2. The number of nitrogens with two attached hydrogens (primary N) is 1. The van der Waals surface area contributed by atoms with Crippen molar-refractivity contribution in [1.29, 1.82) is 0 Å². The quantitative estimate of drug-likeness (QED) is 0.706. The SMILES string of the molecule is Nc1cccc2ccn(Cc3cccc(F)c3Br)c12. The lowest BCUT2D eigenvalue weighted by Crippen LogP contribution is -2.01. The number of fused-ring (bicyclic) bond motifs is 1. The van der Waals surface area contributed by atoms with Gasteiger partial charge in [0.25, 0.3) is 0 Å². The van der Waals surface area contributed by atoms with Gasteiger partial charge in [0.2, 0.25) is 0 Å². The predicted molar refractivity (Wildman–Crippen MR) is 79.6 cm³/mol. The normalized spacial score (nSPS) is 11.1. The van der Waals surface area contributed by atoms with Gasteiger partial charge in [0.15, 0.2) is 0 Å². The summed E-state index contributed by atoms with van der Waals surface area (Å²) in [4.78, 5) is 0. The third-order valence-electron chi connectivity index (χ3n) is 3.19. The fraction of sp³-hybridized carbons (Fsp3) is 0.0667. The van der Waals surface area contributed by atoms with Crippen molar-refractivity contribution < 1.29 is 4.39 Å². The summed E-state index contributed by atoms with van der Waals surface area (Å²) in [6, 6.07) is 12.9. The molecule has 0 saturated carbocycles. The van der Waals surface area contributed by atoms with E-state index in [1.54, 1.807) is 6.07 Å². The van der Waals surface area contributed by atoms with E-state index in [9.17, 15) is 4.39 Å². The summed E-state index contributed by atoms with van der Waals surface area (Å²) < 4.78 is 16.1. The highest BCUT2D eigenvalue weighted by Gasteiger charge is 2.09. The van der Waals surface area contributed by atoms with E-state index >= 15 is 0 Å². The monoisotopic (exact) mass is 318 g/mol. The van der Waals surface area contributed by atoms with Gasteiger partial charge >= 0.3 is 0 Å². The fourth-order valence-electron chi connectivity index (χ4n) is 2.28. The number of benzene rings is 2. The van der Waals surface area contributed by atoms with Gasteiger partial charge in [0.05, 0.1) is 15.7 Å². The van der Waals surface area contributed by atoms with Crippen LogP contribution in [0.4, 0.5) is 10.1 Å². The molecular formula is C15H12BrFN2. The van der Waals surface area contributed by atoms with Crippen molar-refractivity contribution in [3.63, 3.8) is 0 Å². The minimum Gasteiger partial charge on any atom is -0.397 e. The third kappa shape index (κ3) is 2.12. The number of hydrogen-bond acceptors (Lipinski definition) is 1. The minimum atomic E-state index is -0.248. The van der Waals surface area contributed by atoms with Crippen molar-refractivity contribution in [2.75, 3.05) is 5.73 Å². The lowest BCUT2D eigenvalue weighted by Gasteiger charge is -2.09. The molecule has 0 saturated heterocycles. The maximum absolute atomic E-state index is 13.5. The highest BCUT2D eigenvalue weighted by Crippen LogP contribution is 2.26. The van der Waals surface area contributed by atoms with Crippen molar-refractivity contribution in [3.8, 4) is 0 Å². The second-order valence-electron chi connectivity index (χ2n) is 4.44. The maximum Gasteiger partial charge on any atom is 0.137 e. The molecule has 0 aliphatic heterocycles. The Morgan fingerprint density at radius 3 is 2.74 bits per heavy atom. The maximum atomic E-state index is 13.5. The van der Waals surface area contributed by atoms with Gasteiger partial charge in [-0.15, -0.1) is 0 Å². The molecule has 19 heavy (non-hydrogen) atoms. The Labute approximate surface area is 118 Å². The number of hydrogen-bond donors (Lipinski definition) is 1. The number of aromatic nitrogens is 1. The lowest BCUT2D eigenvalue weighted by molar-refractivity contribution is 0.616.